The highest BCUT2D eigenvalue weighted by Crippen LogP contribution is 2.32. The number of nitrogens with zero attached hydrogens (tertiary/aromatic N) is 1. The summed E-state index contributed by atoms with van der Waals surface area (Å²) in [5.74, 6) is -0.0675. The van der Waals surface area contributed by atoms with Crippen molar-refractivity contribution in [2.45, 2.75) is 39.2 Å². The third kappa shape index (κ3) is 5.64. The summed E-state index contributed by atoms with van der Waals surface area (Å²) in [6.07, 6.45) is 3.30. The molecule has 0 aliphatic carbocycles. The number of aromatic nitrogens is 1. The average molecular weight is 560 g/mol. The van der Waals surface area contributed by atoms with Gasteiger partial charge in [0.05, 0.1) is 6.61 Å². The second kappa shape index (κ2) is 11.4. The number of ether oxygens (including phenoxy) is 3. The predicted octanol–water partition coefficient (Wildman–Crippen LogP) is 7.47. The molecule has 212 valence electrons. The molecule has 1 aromatic heterocycles. The van der Waals surface area contributed by atoms with Crippen LogP contribution in [0.1, 0.15) is 52.6 Å². The van der Waals surface area contributed by atoms with E-state index in [2.05, 4.69) is 11.5 Å². The van der Waals surface area contributed by atoms with Gasteiger partial charge in [0.1, 0.15) is 18.5 Å². The van der Waals surface area contributed by atoms with Gasteiger partial charge in [0.25, 0.3) is 0 Å². The lowest BCUT2D eigenvalue weighted by Crippen LogP contribution is -2.25. The fourth-order valence-electron chi connectivity index (χ4n) is 5.48. The molecular formula is C36H33NO5. The largest absolute Gasteiger partial charge is 0.491 e. The summed E-state index contributed by atoms with van der Waals surface area (Å²) in [5.41, 5.74) is 4.80. The van der Waals surface area contributed by atoms with E-state index in [1.807, 2.05) is 86.7 Å². The molecule has 1 atom stereocenters. The molecule has 1 fully saturated rings. The number of fused-ring (bicyclic) bond motifs is 3. The van der Waals surface area contributed by atoms with E-state index in [1.165, 1.54) is 0 Å². The summed E-state index contributed by atoms with van der Waals surface area (Å²) in [6, 6.07) is 28.5. The Balaban J connectivity index is 1.25. The van der Waals surface area contributed by atoms with E-state index >= 15 is 0 Å². The Hall–Kier alpha value is -4.52. The van der Waals surface area contributed by atoms with Gasteiger partial charge in [0, 0.05) is 45.0 Å². The van der Waals surface area contributed by atoms with Gasteiger partial charge in [0.15, 0.2) is 17.4 Å². The number of aryl methyl sites for hydroxylation is 1. The summed E-state index contributed by atoms with van der Waals surface area (Å²) < 4.78 is 19.4. The van der Waals surface area contributed by atoms with E-state index in [-0.39, 0.29) is 17.7 Å². The Morgan fingerprint density at radius 3 is 2.17 bits per heavy atom. The van der Waals surface area contributed by atoms with Crippen molar-refractivity contribution in [1.82, 2.24) is 4.57 Å². The van der Waals surface area contributed by atoms with Crippen LogP contribution >= 0.6 is 0 Å². The second-order valence-corrected chi connectivity index (χ2v) is 10.9. The number of hydrogen-bond donors (Lipinski definition) is 0. The minimum atomic E-state index is -0.592. The molecule has 1 unspecified atom stereocenters. The Kier molecular flexibility index (Phi) is 7.50. The molecule has 1 saturated heterocycles. The fraction of sp³-hybridized carbons (Fsp3) is 0.222. The average Bonchev–Trinajstić information content (AvgIpc) is 3.54. The number of carbonyl (C=O) groups excluding carboxylic acids is 2. The van der Waals surface area contributed by atoms with Crippen molar-refractivity contribution in [2.75, 3.05) is 13.2 Å². The van der Waals surface area contributed by atoms with Gasteiger partial charge in [-0.15, -0.1) is 0 Å². The lowest BCUT2D eigenvalue weighted by Gasteiger charge is -2.17. The van der Waals surface area contributed by atoms with Crippen molar-refractivity contribution < 1.29 is 23.8 Å². The molecule has 4 aromatic carbocycles. The Morgan fingerprint density at radius 2 is 1.52 bits per heavy atom. The monoisotopic (exact) mass is 559 g/mol. The van der Waals surface area contributed by atoms with Gasteiger partial charge in [-0.05, 0) is 93.1 Å². The molecule has 0 saturated carbocycles. The molecule has 42 heavy (non-hydrogen) atoms. The number of benzene rings is 4. The molecule has 6 rings (SSSR count). The summed E-state index contributed by atoms with van der Waals surface area (Å²) >= 11 is 0. The zero-order valence-corrected chi connectivity index (χ0v) is 24.0. The van der Waals surface area contributed by atoms with Crippen molar-refractivity contribution in [3.8, 4) is 5.75 Å². The van der Waals surface area contributed by atoms with Crippen molar-refractivity contribution in [2.24, 2.45) is 0 Å². The first kappa shape index (κ1) is 27.6. The molecule has 1 aliphatic heterocycles. The lowest BCUT2D eigenvalue weighted by atomic mass is 10.00. The van der Waals surface area contributed by atoms with Crippen molar-refractivity contribution in [1.29, 1.82) is 0 Å². The Morgan fingerprint density at radius 1 is 0.881 bits per heavy atom. The maximum atomic E-state index is 13.5. The Labute approximate surface area is 245 Å². The van der Waals surface area contributed by atoms with Crippen LogP contribution in [0.4, 0.5) is 0 Å². The third-order valence-electron chi connectivity index (χ3n) is 7.57. The third-order valence-corrected chi connectivity index (χ3v) is 7.57. The molecule has 0 N–H and O–H groups in total. The number of rotatable bonds is 9. The Bertz CT molecular complexity index is 1800. The summed E-state index contributed by atoms with van der Waals surface area (Å²) in [5, 5.41) is 1.89. The summed E-state index contributed by atoms with van der Waals surface area (Å²) in [6.45, 7) is 7.49. The lowest BCUT2D eigenvalue weighted by molar-refractivity contribution is -0.141. The number of allylic oxidation sites excluding steroid dienone is 1. The first-order valence-electron chi connectivity index (χ1n) is 14.2. The molecule has 0 bridgehead atoms. The molecule has 2 heterocycles. The number of hydrogen-bond acceptors (Lipinski definition) is 5. The van der Waals surface area contributed by atoms with Gasteiger partial charge in [-0.2, -0.15) is 0 Å². The highest BCUT2D eigenvalue weighted by Gasteiger charge is 2.33. The van der Waals surface area contributed by atoms with E-state index in [0.29, 0.717) is 35.7 Å². The smallest absolute Gasteiger partial charge is 0.193 e. The fourth-order valence-corrected chi connectivity index (χ4v) is 5.48. The van der Waals surface area contributed by atoms with Crippen molar-refractivity contribution >= 4 is 39.4 Å². The van der Waals surface area contributed by atoms with E-state index in [1.54, 1.807) is 30.3 Å². The van der Waals surface area contributed by atoms with Crippen LogP contribution < -0.4 is 4.74 Å². The van der Waals surface area contributed by atoms with Crippen LogP contribution in [0.2, 0.25) is 0 Å². The maximum Gasteiger partial charge on any atom is 0.193 e. The molecule has 1 aliphatic rings. The SMILES string of the molecule is CCn1c2ccc(C(=O)/C=C/c3ccccc3)cc2c2cc(C(=O)c3ccc(OCC4COC(C)(C)O4)cc3)ccc21. The van der Waals surface area contributed by atoms with Crippen molar-refractivity contribution in [3.63, 3.8) is 0 Å². The zero-order valence-electron chi connectivity index (χ0n) is 24.0. The molecule has 0 amide bonds. The molecule has 5 aromatic rings. The van der Waals surface area contributed by atoms with Gasteiger partial charge in [-0.1, -0.05) is 36.4 Å². The summed E-state index contributed by atoms with van der Waals surface area (Å²) in [7, 11) is 0. The molecular weight excluding hydrogens is 526 g/mol. The van der Waals surface area contributed by atoms with E-state index in [4.69, 9.17) is 14.2 Å². The number of ketones is 2. The highest BCUT2D eigenvalue weighted by atomic mass is 16.7. The minimum Gasteiger partial charge on any atom is -0.491 e. The van der Waals surface area contributed by atoms with Crippen LogP contribution in [0.3, 0.4) is 0 Å². The van der Waals surface area contributed by atoms with Crippen LogP contribution in [0.25, 0.3) is 27.9 Å². The second-order valence-electron chi connectivity index (χ2n) is 10.9. The van der Waals surface area contributed by atoms with Crippen molar-refractivity contribution in [3.05, 3.63) is 119 Å². The van der Waals surface area contributed by atoms with Gasteiger partial charge in [-0.25, -0.2) is 0 Å². The molecule has 0 spiro atoms. The van der Waals surface area contributed by atoms with Gasteiger partial charge in [0.2, 0.25) is 0 Å². The summed E-state index contributed by atoms with van der Waals surface area (Å²) in [4.78, 5) is 26.5. The first-order valence-corrected chi connectivity index (χ1v) is 14.2. The molecule has 0 radical (unpaired) electrons. The van der Waals surface area contributed by atoms with Gasteiger partial charge in [-0.3, -0.25) is 9.59 Å². The quantitative estimate of drug-likeness (QED) is 0.138. The van der Waals surface area contributed by atoms with Gasteiger partial charge >= 0.3 is 0 Å². The van der Waals surface area contributed by atoms with Crippen LogP contribution in [-0.4, -0.2) is 41.2 Å². The van der Waals surface area contributed by atoms with E-state index in [0.717, 1.165) is 33.9 Å². The highest BCUT2D eigenvalue weighted by molar-refractivity contribution is 6.16. The predicted molar refractivity (Wildman–Crippen MR) is 165 cm³/mol. The normalized spacial score (nSPS) is 16.4. The standard InChI is InChI=1S/C36H33NO5/c1-4-37-32-17-13-26(34(38)19-10-24-8-6-5-7-9-24)20-30(32)31-21-27(14-18-33(31)37)35(39)25-11-15-28(16-12-25)40-22-29-23-41-36(2,3)42-29/h5-21,29H,4,22-23H2,1-3H3/b19-10+. The van der Waals surface area contributed by atoms with Crippen LogP contribution in [0.15, 0.2) is 97.1 Å². The van der Waals surface area contributed by atoms with E-state index in [9.17, 15) is 9.59 Å². The maximum absolute atomic E-state index is 13.5. The number of carbonyl (C=O) groups is 2. The van der Waals surface area contributed by atoms with E-state index < -0.39 is 5.79 Å². The van der Waals surface area contributed by atoms with Crippen LogP contribution in [0.5, 0.6) is 5.75 Å². The zero-order chi connectivity index (χ0) is 29.3. The molecule has 6 heteroatoms. The molecule has 6 nitrogen and oxygen atoms in total. The topological polar surface area (TPSA) is 66.8 Å². The first-order chi connectivity index (χ1) is 20.3. The van der Waals surface area contributed by atoms with Crippen LogP contribution in [0, 0.1) is 0 Å². The minimum absolute atomic E-state index is 0.0663. The van der Waals surface area contributed by atoms with Gasteiger partial charge < -0.3 is 18.8 Å². The van der Waals surface area contributed by atoms with Crippen LogP contribution in [-0.2, 0) is 16.0 Å².